The normalized spacial score (nSPS) is 15.2. The molecule has 0 unspecified atom stereocenters. The predicted octanol–water partition coefficient (Wildman–Crippen LogP) is 3.26. The lowest BCUT2D eigenvalue weighted by Gasteiger charge is -2.00. The maximum absolute atomic E-state index is 12.0. The number of ether oxygens (including phenoxy) is 2. The van der Waals surface area contributed by atoms with Crippen molar-refractivity contribution in [3.63, 3.8) is 0 Å². The van der Waals surface area contributed by atoms with Gasteiger partial charge in [0.2, 0.25) is 5.90 Å². The van der Waals surface area contributed by atoms with E-state index in [0.717, 1.165) is 16.7 Å². The third-order valence-electron chi connectivity index (χ3n) is 3.33. The van der Waals surface area contributed by atoms with Crippen LogP contribution >= 0.6 is 0 Å². The fourth-order valence-corrected chi connectivity index (χ4v) is 2.27. The summed E-state index contributed by atoms with van der Waals surface area (Å²) < 4.78 is 10.2. The zero-order valence-corrected chi connectivity index (χ0v) is 13.3. The Balaban J connectivity index is 1.84. The van der Waals surface area contributed by atoms with Crippen molar-refractivity contribution in [2.75, 3.05) is 0 Å². The summed E-state index contributed by atoms with van der Waals surface area (Å²) in [5.41, 5.74) is 2.81. The zero-order valence-electron chi connectivity index (χ0n) is 13.3. The first-order chi connectivity index (χ1) is 11.5. The molecule has 0 spiro atoms. The van der Waals surface area contributed by atoms with Gasteiger partial charge in [-0.25, -0.2) is 9.79 Å². The molecule has 1 aliphatic heterocycles. The molecule has 0 radical (unpaired) electrons. The van der Waals surface area contributed by atoms with E-state index in [9.17, 15) is 9.59 Å². The molecular weight excluding hydrogens is 306 g/mol. The zero-order chi connectivity index (χ0) is 17.1. The van der Waals surface area contributed by atoms with Gasteiger partial charge in [0.15, 0.2) is 5.70 Å². The largest absolute Gasteiger partial charge is 0.427 e. The number of hydrogen-bond acceptors (Lipinski definition) is 5. The highest BCUT2D eigenvalue weighted by Crippen LogP contribution is 2.21. The van der Waals surface area contributed by atoms with Crippen LogP contribution in [0.3, 0.4) is 0 Å². The minimum atomic E-state index is -0.490. The number of benzene rings is 2. The van der Waals surface area contributed by atoms with Crippen LogP contribution < -0.4 is 4.74 Å². The number of aliphatic imine (C=N–C) groups is 1. The number of hydrogen-bond donors (Lipinski definition) is 0. The van der Waals surface area contributed by atoms with Gasteiger partial charge in [-0.05, 0) is 42.8 Å². The second-order valence-electron chi connectivity index (χ2n) is 5.37. The van der Waals surface area contributed by atoms with Gasteiger partial charge in [0, 0.05) is 12.5 Å². The molecule has 1 aliphatic rings. The summed E-state index contributed by atoms with van der Waals surface area (Å²) in [7, 11) is 0. The third kappa shape index (κ3) is 3.57. The lowest BCUT2D eigenvalue weighted by atomic mass is 10.1. The number of rotatable bonds is 3. The topological polar surface area (TPSA) is 65.0 Å². The standard InChI is InChI=1S/C19H15NO4/c1-12-4-3-5-15(10-12)18-20-17(19(22)24-18)11-14-6-8-16(9-7-14)23-13(2)21/h3-11H,1-2H3/b17-11-. The summed E-state index contributed by atoms with van der Waals surface area (Å²) in [5.74, 6) is -0.127. The smallest absolute Gasteiger partial charge is 0.363 e. The lowest BCUT2D eigenvalue weighted by molar-refractivity contribution is -0.132. The number of carbonyl (C=O) groups is 2. The highest BCUT2D eigenvalue weighted by Gasteiger charge is 2.24. The van der Waals surface area contributed by atoms with Gasteiger partial charge in [-0.2, -0.15) is 0 Å². The van der Waals surface area contributed by atoms with E-state index >= 15 is 0 Å². The van der Waals surface area contributed by atoms with Crippen LogP contribution in [0.4, 0.5) is 0 Å². The second-order valence-corrected chi connectivity index (χ2v) is 5.37. The van der Waals surface area contributed by atoms with E-state index in [1.54, 1.807) is 30.3 Å². The van der Waals surface area contributed by atoms with Crippen molar-refractivity contribution in [3.8, 4) is 5.75 Å². The Morgan fingerprint density at radius 2 is 1.92 bits per heavy atom. The maximum atomic E-state index is 12.0. The van der Waals surface area contributed by atoms with Crippen LogP contribution in [0.1, 0.15) is 23.6 Å². The molecule has 24 heavy (non-hydrogen) atoms. The Bertz CT molecular complexity index is 863. The number of carbonyl (C=O) groups excluding carboxylic acids is 2. The van der Waals surface area contributed by atoms with Crippen LogP contribution in [0, 0.1) is 6.92 Å². The van der Waals surface area contributed by atoms with E-state index in [1.165, 1.54) is 6.92 Å². The lowest BCUT2D eigenvalue weighted by Crippen LogP contribution is -2.05. The summed E-state index contributed by atoms with van der Waals surface area (Å²) in [6, 6.07) is 14.4. The number of aryl methyl sites for hydroxylation is 1. The molecule has 0 aliphatic carbocycles. The molecule has 3 rings (SSSR count). The molecule has 2 aromatic rings. The van der Waals surface area contributed by atoms with Crippen molar-refractivity contribution < 1.29 is 19.1 Å². The quantitative estimate of drug-likeness (QED) is 0.494. The van der Waals surface area contributed by atoms with Crippen molar-refractivity contribution in [3.05, 3.63) is 70.9 Å². The second kappa shape index (κ2) is 6.50. The number of cyclic esters (lactones) is 1. The van der Waals surface area contributed by atoms with Gasteiger partial charge >= 0.3 is 11.9 Å². The molecule has 0 amide bonds. The SMILES string of the molecule is CC(=O)Oc1ccc(/C=C2\N=C(c3cccc(C)c3)OC2=O)cc1. The van der Waals surface area contributed by atoms with Gasteiger partial charge in [-0.3, -0.25) is 4.79 Å². The molecule has 0 aromatic heterocycles. The first-order valence-electron chi connectivity index (χ1n) is 7.39. The van der Waals surface area contributed by atoms with E-state index in [2.05, 4.69) is 4.99 Å². The van der Waals surface area contributed by atoms with Crippen LogP contribution in [-0.2, 0) is 14.3 Å². The first kappa shape index (κ1) is 15.7. The van der Waals surface area contributed by atoms with E-state index in [1.807, 2.05) is 31.2 Å². The fourth-order valence-electron chi connectivity index (χ4n) is 2.27. The van der Waals surface area contributed by atoms with Crippen LogP contribution in [0.15, 0.2) is 59.2 Å². The average Bonchev–Trinajstić information content (AvgIpc) is 2.90. The minimum absolute atomic E-state index is 0.228. The van der Waals surface area contributed by atoms with Gasteiger partial charge in [-0.1, -0.05) is 29.8 Å². The van der Waals surface area contributed by atoms with E-state index < -0.39 is 5.97 Å². The Kier molecular flexibility index (Phi) is 4.24. The molecule has 0 N–H and O–H groups in total. The summed E-state index contributed by atoms with van der Waals surface area (Å²) in [4.78, 5) is 27.2. The van der Waals surface area contributed by atoms with Crippen molar-refractivity contribution in [1.29, 1.82) is 0 Å². The van der Waals surface area contributed by atoms with Gasteiger partial charge in [0.05, 0.1) is 0 Å². The average molecular weight is 321 g/mol. The Labute approximate surface area is 139 Å². The summed E-state index contributed by atoms with van der Waals surface area (Å²) in [6.07, 6.45) is 1.63. The van der Waals surface area contributed by atoms with Gasteiger partial charge in [0.25, 0.3) is 0 Å². The monoisotopic (exact) mass is 321 g/mol. The minimum Gasteiger partial charge on any atom is -0.427 e. The molecule has 0 atom stereocenters. The van der Waals surface area contributed by atoms with Crippen molar-refractivity contribution >= 4 is 23.9 Å². The summed E-state index contributed by atoms with van der Waals surface area (Å²) in [5, 5.41) is 0. The van der Waals surface area contributed by atoms with E-state index in [0.29, 0.717) is 11.6 Å². The van der Waals surface area contributed by atoms with Crippen LogP contribution in [0.5, 0.6) is 5.75 Å². The number of esters is 2. The third-order valence-corrected chi connectivity index (χ3v) is 3.33. The molecule has 0 saturated heterocycles. The van der Waals surface area contributed by atoms with Crippen molar-refractivity contribution in [1.82, 2.24) is 0 Å². The Morgan fingerprint density at radius 3 is 2.58 bits per heavy atom. The van der Waals surface area contributed by atoms with E-state index in [-0.39, 0.29) is 11.7 Å². The highest BCUT2D eigenvalue weighted by molar-refractivity contribution is 6.12. The van der Waals surface area contributed by atoms with Crippen LogP contribution in [0.25, 0.3) is 6.08 Å². The molecule has 2 aromatic carbocycles. The highest BCUT2D eigenvalue weighted by atomic mass is 16.6. The molecule has 1 heterocycles. The van der Waals surface area contributed by atoms with Gasteiger partial charge in [0.1, 0.15) is 5.75 Å². The van der Waals surface area contributed by atoms with Crippen LogP contribution in [-0.4, -0.2) is 17.8 Å². The predicted molar refractivity (Wildman–Crippen MR) is 89.5 cm³/mol. The molecule has 5 heteroatoms. The molecule has 120 valence electrons. The van der Waals surface area contributed by atoms with Gasteiger partial charge < -0.3 is 9.47 Å². The Hall–Kier alpha value is -3.21. The Morgan fingerprint density at radius 1 is 1.17 bits per heavy atom. The molecule has 5 nitrogen and oxygen atoms in total. The summed E-state index contributed by atoms with van der Waals surface area (Å²) >= 11 is 0. The fraction of sp³-hybridized carbons (Fsp3) is 0.105. The molecular formula is C19H15NO4. The molecule has 0 fully saturated rings. The molecule has 0 saturated carbocycles. The van der Waals surface area contributed by atoms with Crippen LogP contribution in [0.2, 0.25) is 0 Å². The number of nitrogens with zero attached hydrogens (tertiary/aromatic N) is 1. The van der Waals surface area contributed by atoms with E-state index in [4.69, 9.17) is 9.47 Å². The van der Waals surface area contributed by atoms with Crippen molar-refractivity contribution in [2.45, 2.75) is 13.8 Å². The first-order valence-corrected chi connectivity index (χ1v) is 7.39. The maximum Gasteiger partial charge on any atom is 0.363 e. The summed E-state index contributed by atoms with van der Waals surface area (Å²) in [6.45, 7) is 3.30. The van der Waals surface area contributed by atoms with Gasteiger partial charge in [-0.15, -0.1) is 0 Å². The van der Waals surface area contributed by atoms with Crippen molar-refractivity contribution in [2.24, 2.45) is 4.99 Å². The molecule has 0 bridgehead atoms.